The summed E-state index contributed by atoms with van der Waals surface area (Å²) in [7, 11) is 0. The van der Waals surface area contributed by atoms with Crippen LogP contribution in [0.5, 0.6) is 11.5 Å². The third kappa shape index (κ3) is 1.57. The molecule has 0 atom stereocenters. The summed E-state index contributed by atoms with van der Waals surface area (Å²) in [6, 6.07) is 3.48. The number of rotatable bonds is 2. The van der Waals surface area contributed by atoms with Crippen LogP contribution in [0.3, 0.4) is 0 Å². The fourth-order valence-corrected chi connectivity index (χ4v) is 3.66. The highest BCUT2D eigenvalue weighted by atomic mass is 35.5. The lowest BCUT2D eigenvalue weighted by Gasteiger charge is -2.21. The van der Waals surface area contributed by atoms with E-state index in [2.05, 4.69) is 0 Å². The summed E-state index contributed by atoms with van der Waals surface area (Å²) in [4.78, 5) is 11.5. The summed E-state index contributed by atoms with van der Waals surface area (Å²) in [5.74, 6) is -0.0703. The molecular weight excluding hydrogens is 280 g/mol. The standard InChI is InChI=1S/C15H15ClO4/c16-10-8-12-11(19-15(20-12)3-1-2-4-15)7-9(10)14(5-6-14)13(17)18/h7-8H,1-6H2,(H,17,18). The number of halogens is 1. The Morgan fingerprint density at radius 3 is 2.25 bits per heavy atom. The number of hydrogen-bond donors (Lipinski definition) is 1. The largest absolute Gasteiger partial charge is 0.481 e. The number of aliphatic carboxylic acids is 1. The van der Waals surface area contributed by atoms with Crippen LogP contribution in [0.4, 0.5) is 0 Å². The second-order valence-corrected chi connectivity index (χ2v) is 6.40. The second-order valence-electron chi connectivity index (χ2n) is 5.99. The van der Waals surface area contributed by atoms with Crippen molar-refractivity contribution >= 4 is 17.6 Å². The van der Waals surface area contributed by atoms with E-state index in [0.717, 1.165) is 25.7 Å². The zero-order valence-corrected chi connectivity index (χ0v) is 11.7. The lowest BCUT2D eigenvalue weighted by Crippen LogP contribution is -2.34. The lowest BCUT2D eigenvalue weighted by atomic mass is 9.95. The van der Waals surface area contributed by atoms with Crippen molar-refractivity contribution in [1.29, 1.82) is 0 Å². The van der Waals surface area contributed by atoms with Gasteiger partial charge in [-0.15, -0.1) is 0 Å². The number of fused-ring (bicyclic) bond motifs is 1. The average Bonchev–Trinajstić information content (AvgIpc) is 2.98. The van der Waals surface area contributed by atoms with Gasteiger partial charge in [0.05, 0.1) is 5.41 Å². The van der Waals surface area contributed by atoms with Crippen molar-refractivity contribution < 1.29 is 19.4 Å². The van der Waals surface area contributed by atoms with Gasteiger partial charge in [-0.2, -0.15) is 0 Å². The van der Waals surface area contributed by atoms with Gasteiger partial charge in [-0.3, -0.25) is 4.79 Å². The number of carbonyl (C=O) groups is 1. The van der Waals surface area contributed by atoms with E-state index in [1.165, 1.54) is 0 Å². The van der Waals surface area contributed by atoms with Crippen LogP contribution in [0.2, 0.25) is 5.02 Å². The molecule has 1 aliphatic heterocycles. The number of ether oxygens (including phenoxy) is 2. The zero-order valence-electron chi connectivity index (χ0n) is 10.9. The molecule has 0 radical (unpaired) electrons. The molecule has 1 heterocycles. The molecule has 20 heavy (non-hydrogen) atoms. The van der Waals surface area contributed by atoms with Crippen LogP contribution in [-0.4, -0.2) is 16.9 Å². The van der Waals surface area contributed by atoms with E-state index in [9.17, 15) is 9.90 Å². The number of carboxylic acid groups (broad SMARTS) is 1. The Hall–Kier alpha value is -1.42. The molecule has 0 bridgehead atoms. The predicted molar refractivity (Wildman–Crippen MR) is 72.5 cm³/mol. The molecule has 106 valence electrons. The molecule has 2 fully saturated rings. The van der Waals surface area contributed by atoms with Crippen molar-refractivity contribution in [3.05, 3.63) is 22.7 Å². The van der Waals surface area contributed by atoms with Gasteiger partial charge in [-0.05, 0) is 37.3 Å². The molecule has 0 unspecified atom stereocenters. The van der Waals surface area contributed by atoms with Gasteiger partial charge in [-0.25, -0.2) is 0 Å². The Kier molecular flexibility index (Phi) is 2.35. The SMILES string of the molecule is O=C(O)C1(c2cc3c(cc2Cl)OC2(CCCC2)O3)CC1. The molecular formula is C15H15ClO4. The molecule has 3 aliphatic rings. The molecule has 1 spiro atoms. The molecule has 0 amide bonds. The highest BCUT2D eigenvalue weighted by molar-refractivity contribution is 6.32. The molecule has 1 aromatic rings. The molecule has 0 aromatic heterocycles. The van der Waals surface area contributed by atoms with Crippen molar-refractivity contribution in [1.82, 2.24) is 0 Å². The van der Waals surface area contributed by atoms with E-state index in [1.807, 2.05) is 0 Å². The molecule has 4 rings (SSSR count). The Morgan fingerprint density at radius 2 is 1.70 bits per heavy atom. The minimum absolute atomic E-state index is 0.460. The minimum atomic E-state index is -0.819. The predicted octanol–water partition coefficient (Wildman–Crippen LogP) is 3.50. The molecule has 5 heteroatoms. The van der Waals surface area contributed by atoms with Crippen LogP contribution in [0.15, 0.2) is 12.1 Å². The maximum atomic E-state index is 11.5. The summed E-state index contributed by atoms with van der Waals surface area (Å²) in [5.41, 5.74) is -0.162. The van der Waals surface area contributed by atoms with Crippen LogP contribution in [-0.2, 0) is 10.2 Å². The van der Waals surface area contributed by atoms with Crippen molar-refractivity contribution in [2.45, 2.75) is 49.7 Å². The fourth-order valence-electron chi connectivity index (χ4n) is 3.32. The average molecular weight is 295 g/mol. The van der Waals surface area contributed by atoms with Gasteiger partial charge in [0.25, 0.3) is 5.79 Å². The highest BCUT2D eigenvalue weighted by Crippen LogP contribution is 2.55. The molecule has 2 aliphatic carbocycles. The first-order valence-corrected chi connectivity index (χ1v) is 7.38. The van der Waals surface area contributed by atoms with Gasteiger partial charge in [0, 0.05) is 23.9 Å². The first kappa shape index (κ1) is 12.3. The maximum Gasteiger partial charge on any atom is 0.314 e. The van der Waals surface area contributed by atoms with E-state index in [0.29, 0.717) is 34.9 Å². The van der Waals surface area contributed by atoms with Crippen LogP contribution in [0.1, 0.15) is 44.1 Å². The Labute approximate surface area is 121 Å². The van der Waals surface area contributed by atoms with Crippen LogP contribution >= 0.6 is 11.6 Å². The molecule has 0 saturated heterocycles. The summed E-state index contributed by atoms with van der Waals surface area (Å²) < 4.78 is 11.9. The summed E-state index contributed by atoms with van der Waals surface area (Å²) in [5, 5.41) is 9.86. The second kappa shape index (κ2) is 3.82. The first-order valence-electron chi connectivity index (χ1n) is 7.00. The van der Waals surface area contributed by atoms with E-state index in [4.69, 9.17) is 21.1 Å². The third-order valence-electron chi connectivity index (χ3n) is 4.67. The van der Waals surface area contributed by atoms with Crippen LogP contribution in [0.25, 0.3) is 0 Å². The first-order chi connectivity index (χ1) is 9.55. The van der Waals surface area contributed by atoms with Gasteiger partial charge in [-0.1, -0.05) is 11.6 Å². The van der Waals surface area contributed by atoms with Crippen LogP contribution < -0.4 is 9.47 Å². The van der Waals surface area contributed by atoms with Crippen molar-refractivity contribution in [3.63, 3.8) is 0 Å². The zero-order chi connectivity index (χ0) is 14.0. The van der Waals surface area contributed by atoms with E-state index in [1.54, 1.807) is 12.1 Å². The smallest absolute Gasteiger partial charge is 0.314 e. The van der Waals surface area contributed by atoms with Crippen molar-refractivity contribution in [3.8, 4) is 11.5 Å². The minimum Gasteiger partial charge on any atom is -0.481 e. The normalized spacial score (nSPS) is 24.1. The summed E-state index contributed by atoms with van der Waals surface area (Å²) in [6.45, 7) is 0. The molecule has 1 aromatic carbocycles. The molecule has 4 nitrogen and oxygen atoms in total. The Bertz CT molecular complexity index is 600. The van der Waals surface area contributed by atoms with Gasteiger partial charge < -0.3 is 14.6 Å². The van der Waals surface area contributed by atoms with E-state index >= 15 is 0 Å². The number of carboxylic acids is 1. The monoisotopic (exact) mass is 294 g/mol. The fraction of sp³-hybridized carbons (Fsp3) is 0.533. The number of benzene rings is 1. The topological polar surface area (TPSA) is 55.8 Å². The maximum absolute atomic E-state index is 11.5. The van der Waals surface area contributed by atoms with Crippen molar-refractivity contribution in [2.24, 2.45) is 0 Å². The van der Waals surface area contributed by atoms with E-state index < -0.39 is 17.2 Å². The van der Waals surface area contributed by atoms with Gasteiger partial charge in [0.2, 0.25) is 0 Å². The molecule has 1 N–H and O–H groups in total. The van der Waals surface area contributed by atoms with Crippen molar-refractivity contribution in [2.75, 3.05) is 0 Å². The summed E-state index contributed by atoms with van der Waals surface area (Å²) >= 11 is 6.27. The van der Waals surface area contributed by atoms with Gasteiger partial charge in [0.1, 0.15) is 0 Å². The van der Waals surface area contributed by atoms with Gasteiger partial charge in [0.15, 0.2) is 11.5 Å². The third-order valence-corrected chi connectivity index (χ3v) is 4.98. The Balaban J connectivity index is 1.75. The highest BCUT2D eigenvalue weighted by Gasteiger charge is 2.54. The summed E-state index contributed by atoms with van der Waals surface area (Å²) in [6.07, 6.45) is 5.19. The molecule has 2 saturated carbocycles. The lowest BCUT2D eigenvalue weighted by molar-refractivity contribution is -0.140. The van der Waals surface area contributed by atoms with Crippen LogP contribution in [0, 0.1) is 0 Å². The van der Waals surface area contributed by atoms with Gasteiger partial charge >= 0.3 is 5.97 Å². The quantitative estimate of drug-likeness (QED) is 0.907. The number of hydrogen-bond acceptors (Lipinski definition) is 3. The Morgan fingerprint density at radius 1 is 1.10 bits per heavy atom. The van der Waals surface area contributed by atoms with E-state index in [-0.39, 0.29) is 0 Å².